The van der Waals surface area contributed by atoms with Gasteiger partial charge in [0.25, 0.3) is 0 Å². The number of benzene rings is 1. The lowest BCUT2D eigenvalue weighted by Gasteiger charge is -2.33. The van der Waals surface area contributed by atoms with Gasteiger partial charge in [-0.1, -0.05) is 12.1 Å². The van der Waals surface area contributed by atoms with Crippen molar-refractivity contribution < 1.29 is 12.8 Å². The fourth-order valence-corrected chi connectivity index (χ4v) is 5.48. The van der Waals surface area contributed by atoms with Gasteiger partial charge in [-0.2, -0.15) is 9.40 Å². The van der Waals surface area contributed by atoms with Crippen molar-refractivity contribution in [1.29, 1.82) is 0 Å². The lowest BCUT2D eigenvalue weighted by Crippen LogP contribution is -2.49. The van der Waals surface area contributed by atoms with Crippen LogP contribution in [-0.2, 0) is 16.7 Å². The fraction of sp³-hybridized carbons (Fsp3) is 0.444. The molecule has 5 rings (SSSR count). The van der Waals surface area contributed by atoms with Gasteiger partial charge in [-0.3, -0.25) is 9.58 Å². The highest BCUT2D eigenvalue weighted by Crippen LogP contribution is 2.31. The molecule has 0 radical (unpaired) electrons. The van der Waals surface area contributed by atoms with E-state index in [0.717, 1.165) is 18.2 Å². The minimum Gasteiger partial charge on any atom is -0.422 e. The molecule has 0 amide bonds. The number of fused-ring (bicyclic) bond motifs is 3. The maximum absolute atomic E-state index is 12.3. The lowest BCUT2D eigenvalue weighted by atomic mass is 10.2. The summed E-state index contributed by atoms with van der Waals surface area (Å²) in [5.41, 5.74) is 0.770. The number of piperazine rings is 1. The Bertz CT molecular complexity index is 1170. The predicted molar refractivity (Wildman–Crippen MR) is 101 cm³/mol. The largest absolute Gasteiger partial charge is 0.422 e. The van der Waals surface area contributed by atoms with Gasteiger partial charge < -0.3 is 4.42 Å². The van der Waals surface area contributed by atoms with Crippen molar-refractivity contribution in [2.75, 3.05) is 26.2 Å². The molecule has 1 aromatic carbocycles. The average molecular weight is 388 g/mol. The molecule has 3 heterocycles. The summed E-state index contributed by atoms with van der Waals surface area (Å²) in [6.45, 7) is 2.82. The first-order valence-electron chi connectivity index (χ1n) is 9.13. The van der Waals surface area contributed by atoms with E-state index in [4.69, 9.17) is 4.42 Å². The molecule has 27 heavy (non-hydrogen) atoms. The van der Waals surface area contributed by atoms with Crippen LogP contribution in [0.1, 0.15) is 12.8 Å². The third kappa shape index (κ3) is 2.95. The van der Waals surface area contributed by atoms with Crippen LogP contribution in [0, 0.1) is 0 Å². The van der Waals surface area contributed by atoms with Gasteiger partial charge in [0, 0.05) is 37.8 Å². The quantitative estimate of drug-likeness (QED) is 0.624. The zero-order valence-corrected chi connectivity index (χ0v) is 15.6. The second kappa shape index (κ2) is 6.15. The fourth-order valence-electron chi connectivity index (χ4n) is 3.66. The number of para-hydroxylation sites is 1. The Labute approximate surface area is 156 Å². The minimum atomic E-state index is -3.11. The van der Waals surface area contributed by atoms with E-state index in [-0.39, 0.29) is 5.25 Å². The Morgan fingerprint density at radius 2 is 1.81 bits per heavy atom. The molecule has 1 saturated carbocycles. The monoisotopic (exact) mass is 388 g/mol. The van der Waals surface area contributed by atoms with Crippen LogP contribution in [0.15, 0.2) is 39.7 Å². The van der Waals surface area contributed by atoms with Gasteiger partial charge in [0.2, 0.25) is 10.0 Å². The SMILES string of the molecule is O=c1oc2ccccc2c2nn(CN3CCN(S(=O)(=O)C4CC4)CC3)cc12. The highest BCUT2D eigenvalue weighted by molar-refractivity contribution is 7.90. The van der Waals surface area contributed by atoms with Crippen LogP contribution < -0.4 is 5.63 Å². The number of aromatic nitrogens is 2. The summed E-state index contributed by atoms with van der Waals surface area (Å²) in [4.78, 5) is 14.4. The van der Waals surface area contributed by atoms with Crippen LogP contribution in [0.3, 0.4) is 0 Å². The van der Waals surface area contributed by atoms with Gasteiger partial charge in [-0.15, -0.1) is 0 Å². The van der Waals surface area contributed by atoms with Gasteiger partial charge in [0.05, 0.1) is 11.9 Å². The van der Waals surface area contributed by atoms with E-state index in [1.165, 1.54) is 0 Å². The molecule has 2 aliphatic rings. The van der Waals surface area contributed by atoms with Gasteiger partial charge in [-0.25, -0.2) is 13.2 Å². The molecule has 9 heteroatoms. The van der Waals surface area contributed by atoms with Gasteiger partial charge in [-0.05, 0) is 25.0 Å². The van der Waals surface area contributed by atoms with Crippen molar-refractivity contribution in [3.63, 3.8) is 0 Å². The van der Waals surface area contributed by atoms with Crippen molar-refractivity contribution >= 4 is 31.9 Å². The first kappa shape index (κ1) is 16.9. The standard InChI is InChI=1S/C18H20N4O4S/c23-18-15-11-21(19-17(15)14-3-1-2-4-16(14)26-18)12-20-7-9-22(10-8-20)27(24,25)13-5-6-13/h1-4,11,13H,5-10,12H2. The van der Waals surface area contributed by atoms with Crippen LogP contribution in [-0.4, -0.2) is 58.8 Å². The summed E-state index contributed by atoms with van der Waals surface area (Å²) in [5.74, 6) is 0. The van der Waals surface area contributed by atoms with Crippen LogP contribution in [0.4, 0.5) is 0 Å². The Morgan fingerprint density at radius 1 is 1.07 bits per heavy atom. The van der Waals surface area contributed by atoms with Crippen molar-refractivity contribution in [1.82, 2.24) is 19.0 Å². The molecule has 1 aliphatic carbocycles. The number of rotatable bonds is 4. The molecule has 2 aromatic heterocycles. The Hall–Kier alpha value is -2.23. The molecule has 0 N–H and O–H groups in total. The van der Waals surface area contributed by atoms with Crippen LogP contribution in [0.5, 0.6) is 0 Å². The molecule has 0 spiro atoms. The molecule has 1 saturated heterocycles. The smallest absolute Gasteiger partial charge is 0.347 e. The van der Waals surface area contributed by atoms with E-state index in [1.807, 2.05) is 18.2 Å². The Kier molecular flexibility index (Phi) is 3.85. The predicted octanol–water partition coefficient (Wildman–Crippen LogP) is 1.21. The molecule has 1 aliphatic heterocycles. The number of sulfonamides is 1. The van der Waals surface area contributed by atoms with Gasteiger partial charge in [0.1, 0.15) is 16.5 Å². The second-order valence-corrected chi connectivity index (χ2v) is 9.43. The van der Waals surface area contributed by atoms with E-state index < -0.39 is 15.6 Å². The molecule has 142 valence electrons. The highest BCUT2D eigenvalue weighted by atomic mass is 32.2. The summed E-state index contributed by atoms with van der Waals surface area (Å²) in [7, 11) is -3.11. The van der Waals surface area contributed by atoms with Crippen molar-refractivity contribution in [2.24, 2.45) is 0 Å². The van der Waals surface area contributed by atoms with Crippen molar-refractivity contribution in [3.05, 3.63) is 40.9 Å². The number of nitrogens with zero attached hydrogens (tertiary/aromatic N) is 4. The zero-order chi connectivity index (χ0) is 18.6. The molecule has 2 fully saturated rings. The number of hydrogen-bond acceptors (Lipinski definition) is 6. The van der Waals surface area contributed by atoms with Gasteiger partial charge in [0.15, 0.2) is 0 Å². The van der Waals surface area contributed by atoms with E-state index in [1.54, 1.807) is 21.3 Å². The van der Waals surface area contributed by atoms with Crippen molar-refractivity contribution in [3.8, 4) is 0 Å². The van der Waals surface area contributed by atoms with Crippen molar-refractivity contribution in [2.45, 2.75) is 24.8 Å². The third-order valence-electron chi connectivity index (χ3n) is 5.31. The summed E-state index contributed by atoms with van der Waals surface area (Å²) < 4.78 is 33.4. The normalized spacial score (nSPS) is 19.9. The summed E-state index contributed by atoms with van der Waals surface area (Å²) in [6, 6.07) is 7.36. The minimum absolute atomic E-state index is 0.159. The summed E-state index contributed by atoms with van der Waals surface area (Å²) >= 11 is 0. The molecular formula is C18H20N4O4S. The molecule has 0 unspecified atom stereocenters. The van der Waals surface area contributed by atoms with E-state index >= 15 is 0 Å². The maximum Gasteiger partial charge on any atom is 0.347 e. The molecule has 8 nitrogen and oxygen atoms in total. The Morgan fingerprint density at radius 3 is 2.56 bits per heavy atom. The number of hydrogen-bond donors (Lipinski definition) is 0. The molecule has 0 atom stereocenters. The molecular weight excluding hydrogens is 368 g/mol. The Balaban J connectivity index is 1.36. The zero-order valence-electron chi connectivity index (χ0n) is 14.7. The second-order valence-electron chi connectivity index (χ2n) is 7.22. The highest BCUT2D eigenvalue weighted by Gasteiger charge is 2.40. The first-order valence-corrected chi connectivity index (χ1v) is 10.6. The van der Waals surface area contributed by atoms with E-state index in [2.05, 4.69) is 10.00 Å². The van der Waals surface area contributed by atoms with Crippen LogP contribution in [0.2, 0.25) is 0 Å². The van der Waals surface area contributed by atoms with E-state index in [0.29, 0.717) is 49.3 Å². The topological polar surface area (TPSA) is 88.7 Å². The summed E-state index contributed by atoms with van der Waals surface area (Å²) in [6.07, 6.45) is 3.29. The average Bonchev–Trinajstić information content (AvgIpc) is 3.44. The van der Waals surface area contributed by atoms with Gasteiger partial charge >= 0.3 is 5.63 Å². The molecule has 0 bridgehead atoms. The van der Waals surface area contributed by atoms with Crippen LogP contribution in [0.25, 0.3) is 21.9 Å². The lowest BCUT2D eigenvalue weighted by molar-refractivity contribution is 0.146. The molecule has 3 aromatic rings. The van der Waals surface area contributed by atoms with E-state index in [9.17, 15) is 13.2 Å². The summed E-state index contributed by atoms with van der Waals surface area (Å²) in [5, 5.41) is 5.70. The van der Waals surface area contributed by atoms with Crippen LogP contribution >= 0.6 is 0 Å². The third-order valence-corrected chi connectivity index (χ3v) is 7.71. The maximum atomic E-state index is 12.3. The first-order chi connectivity index (χ1) is 13.0.